The van der Waals surface area contributed by atoms with Crippen LogP contribution in [0.25, 0.3) is 0 Å². The van der Waals surface area contributed by atoms with Crippen LogP contribution in [0.5, 0.6) is 0 Å². The lowest BCUT2D eigenvalue weighted by Crippen LogP contribution is -2.18. The van der Waals surface area contributed by atoms with Crippen molar-refractivity contribution >= 4 is 0 Å². The van der Waals surface area contributed by atoms with E-state index in [0.717, 1.165) is 17.8 Å². The fraction of sp³-hybridized carbons (Fsp3) is 0.500. The number of hydrogen-bond acceptors (Lipinski definition) is 2. The fourth-order valence-corrected chi connectivity index (χ4v) is 1.36. The Hall–Kier alpha value is -0.890. The Morgan fingerprint density at radius 2 is 2.08 bits per heavy atom. The maximum atomic E-state index is 5.68. The molecule has 0 bridgehead atoms. The van der Waals surface area contributed by atoms with Gasteiger partial charge in [-0.15, -0.1) is 0 Å². The highest BCUT2D eigenvalue weighted by Gasteiger charge is 2.00. The smallest absolute Gasteiger partial charge is 0.0424 e. The van der Waals surface area contributed by atoms with Gasteiger partial charge in [-0.05, 0) is 38.5 Å². The Morgan fingerprint density at radius 1 is 1.42 bits per heavy atom. The number of hydrogen-bond donors (Lipinski definition) is 1. The molecule has 0 aliphatic carbocycles. The van der Waals surface area contributed by atoms with Gasteiger partial charge in [-0.1, -0.05) is 0 Å². The molecule has 2 heteroatoms. The Kier molecular flexibility index (Phi) is 2.82. The third-order valence-corrected chi connectivity index (χ3v) is 1.68. The molecule has 0 amide bonds. The van der Waals surface area contributed by atoms with Gasteiger partial charge >= 0.3 is 0 Å². The summed E-state index contributed by atoms with van der Waals surface area (Å²) >= 11 is 0. The standard InChI is InChI=1S/C10H16N2/c1-7-4-9(3)12-10(5-7)6-8(2)11/h4-5,8H,6,11H2,1-3H3. The third-order valence-electron chi connectivity index (χ3n) is 1.68. The zero-order valence-electron chi connectivity index (χ0n) is 7.96. The van der Waals surface area contributed by atoms with Gasteiger partial charge in [0.15, 0.2) is 0 Å². The summed E-state index contributed by atoms with van der Waals surface area (Å²) in [5.41, 5.74) is 9.12. The van der Waals surface area contributed by atoms with E-state index in [9.17, 15) is 0 Å². The van der Waals surface area contributed by atoms with Gasteiger partial charge < -0.3 is 5.73 Å². The van der Waals surface area contributed by atoms with E-state index in [4.69, 9.17) is 5.73 Å². The van der Waals surface area contributed by atoms with E-state index < -0.39 is 0 Å². The molecule has 1 rings (SSSR count). The Morgan fingerprint density at radius 3 is 2.58 bits per heavy atom. The van der Waals surface area contributed by atoms with Crippen molar-refractivity contribution < 1.29 is 0 Å². The predicted octanol–water partition coefficient (Wildman–Crippen LogP) is 1.59. The van der Waals surface area contributed by atoms with Crippen LogP contribution in [0.2, 0.25) is 0 Å². The molecule has 0 aromatic carbocycles. The van der Waals surface area contributed by atoms with Crippen molar-refractivity contribution in [3.63, 3.8) is 0 Å². The molecule has 2 nitrogen and oxygen atoms in total. The highest BCUT2D eigenvalue weighted by Crippen LogP contribution is 2.05. The van der Waals surface area contributed by atoms with Crippen LogP contribution in [0, 0.1) is 13.8 Å². The van der Waals surface area contributed by atoms with Gasteiger partial charge in [-0.25, -0.2) is 0 Å². The summed E-state index contributed by atoms with van der Waals surface area (Å²) < 4.78 is 0. The summed E-state index contributed by atoms with van der Waals surface area (Å²) in [7, 11) is 0. The molecule has 0 aliphatic rings. The number of aryl methyl sites for hydroxylation is 2. The number of aromatic nitrogens is 1. The molecule has 12 heavy (non-hydrogen) atoms. The zero-order valence-corrected chi connectivity index (χ0v) is 7.96. The van der Waals surface area contributed by atoms with Gasteiger partial charge in [-0.2, -0.15) is 0 Å². The number of pyridine rings is 1. The summed E-state index contributed by atoms with van der Waals surface area (Å²) in [6.07, 6.45) is 0.864. The number of nitrogens with two attached hydrogens (primary N) is 1. The molecule has 1 heterocycles. The van der Waals surface area contributed by atoms with Crippen molar-refractivity contribution in [3.8, 4) is 0 Å². The summed E-state index contributed by atoms with van der Waals surface area (Å²) in [5, 5.41) is 0. The normalized spacial score (nSPS) is 13.0. The summed E-state index contributed by atoms with van der Waals surface area (Å²) in [6, 6.07) is 4.36. The van der Waals surface area contributed by atoms with Gasteiger partial charge in [0.1, 0.15) is 0 Å². The van der Waals surface area contributed by atoms with Crippen LogP contribution in [-0.4, -0.2) is 11.0 Å². The molecule has 2 N–H and O–H groups in total. The SMILES string of the molecule is Cc1cc(C)nc(CC(C)N)c1. The maximum Gasteiger partial charge on any atom is 0.0424 e. The van der Waals surface area contributed by atoms with Crippen LogP contribution in [-0.2, 0) is 6.42 Å². The molecule has 66 valence electrons. The first kappa shape index (κ1) is 9.20. The molecule has 0 radical (unpaired) electrons. The van der Waals surface area contributed by atoms with Crippen molar-refractivity contribution in [2.24, 2.45) is 5.73 Å². The van der Waals surface area contributed by atoms with Gasteiger partial charge in [-0.3, -0.25) is 4.98 Å². The minimum Gasteiger partial charge on any atom is -0.328 e. The maximum absolute atomic E-state index is 5.68. The average Bonchev–Trinajstić information content (AvgIpc) is 1.81. The second kappa shape index (κ2) is 3.68. The molecule has 1 aromatic heterocycles. The average molecular weight is 164 g/mol. The Bertz CT molecular complexity index is 246. The van der Waals surface area contributed by atoms with Crippen molar-refractivity contribution in [2.75, 3.05) is 0 Å². The van der Waals surface area contributed by atoms with Gasteiger partial charge in [0, 0.05) is 23.9 Å². The van der Waals surface area contributed by atoms with E-state index in [2.05, 4.69) is 24.0 Å². The monoisotopic (exact) mass is 164 g/mol. The molecule has 0 saturated heterocycles. The highest BCUT2D eigenvalue weighted by molar-refractivity contribution is 5.19. The lowest BCUT2D eigenvalue weighted by molar-refractivity contribution is 0.719. The van der Waals surface area contributed by atoms with Crippen molar-refractivity contribution in [1.82, 2.24) is 4.98 Å². The molecule has 0 saturated carbocycles. The zero-order chi connectivity index (χ0) is 9.14. The van der Waals surface area contributed by atoms with Gasteiger partial charge in [0.2, 0.25) is 0 Å². The second-order valence-electron chi connectivity index (χ2n) is 3.46. The Balaban J connectivity index is 2.85. The van der Waals surface area contributed by atoms with E-state index in [1.165, 1.54) is 5.56 Å². The van der Waals surface area contributed by atoms with Crippen LogP contribution in [0.3, 0.4) is 0 Å². The largest absolute Gasteiger partial charge is 0.328 e. The molecule has 1 atom stereocenters. The molecular weight excluding hydrogens is 148 g/mol. The first-order chi connectivity index (χ1) is 5.58. The minimum atomic E-state index is 0.193. The Labute approximate surface area is 73.8 Å². The van der Waals surface area contributed by atoms with Crippen LogP contribution < -0.4 is 5.73 Å². The van der Waals surface area contributed by atoms with Crippen LogP contribution in [0.1, 0.15) is 23.9 Å². The van der Waals surface area contributed by atoms with E-state index in [-0.39, 0.29) is 6.04 Å². The van der Waals surface area contributed by atoms with Crippen molar-refractivity contribution in [3.05, 3.63) is 29.1 Å². The van der Waals surface area contributed by atoms with Crippen molar-refractivity contribution in [1.29, 1.82) is 0 Å². The highest BCUT2D eigenvalue weighted by atomic mass is 14.7. The molecular formula is C10H16N2. The first-order valence-corrected chi connectivity index (χ1v) is 4.27. The summed E-state index contributed by atoms with van der Waals surface area (Å²) in [6.45, 7) is 6.09. The molecule has 0 fully saturated rings. The lowest BCUT2D eigenvalue weighted by Gasteiger charge is -2.06. The predicted molar refractivity (Wildman–Crippen MR) is 51.1 cm³/mol. The lowest BCUT2D eigenvalue weighted by atomic mass is 10.1. The molecule has 0 spiro atoms. The quantitative estimate of drug-likeness (QED) is 0.721. The number of nitrogens with zero attached hydrogens (tertiary/aromatic N) is 1. The van der Waals surface area contributed by atoms with E-state index in [1.807, 2.05) is 13.8 Å². The number of rotatable bonds is 2. The fourth-order valence-electron chi connectivity index (χ4n) is 1.36. The molecule has 0 aliphatic heterocycles. The molecule has 1 aromatic rings. The van der Waals surface area contributed by atoms with Gasteiger partial charge in [0.25, 0.3) is 0 Å². The minimum absolute atomic E-state index is 0.193. The van der Waals surface area contributed by atoms with Crippen LogP contribution in [0.15, 0.2) is 12.1 Å². The topological polar surface area (TPSA) is 38.9 Å². The first-order valence-electron chi connectivity index (χ1n) is 4.27. The second-order valence-corrected chi connectivity index (χ2v) is 3.46. The summed E-state index contributed by atoms with van der Waals surface area (Å²) in [5.74, 6) is 0. The van der Waals surface area contributed by atoms with E-state index >= 15 is 0 Å². The molecule has 1 unspecified atom stereocenters. The van der Waals surface area contributed by atoms with Gasteiger partial charge in [0.05, 0.1) is 0 Å². The van der Waals surface area contributed by atoms with E-state index in [0.29, 0.717) is 0 Å². The van der Waals surface area contributed by atoms with Crippen molar-refractivity contribution in [2.45, 2.75) is 33.2 Å². The third kappa shape index (κ3) is 2.62. The van der Waals surface area contributed by atoms with Crippen LogP contribution >= 0.6 is 0 Å². The van der Waals surface area contributed by atoms with Crippen LogP contribution in [0.4, 0.5) is 0 Å². The summed E-state index contributed by atoms with van der Waals surface area (Å²) in [4.78, 5) is 4.39. The van der Waals surface area contributed by atoms with E-state index in [1.54, 1.807) is 0 Å².